The van der Waals surface area contributed by atoms with Crippen LogP contribution in [-0.2, 0) is 9.59 Å². The molecule has 0 bridgehead atoms. The van der Waals surface area contributed by atoms with E-state index in [2.05, 4.69) is 10.3 Å². The van der Waals surface area contributed by atoms with Crippen molar-refractivity contribution in [1.82, 2.24) is 4.98 Å². The number of aromatic nitrogens is 1. The van der Waals surface area contributed by atoms with Crippen molar-refractivity contribution in [3.63, 3.8) is 0 Å². The van der Waals surface area contributed by atoms with Gasteiger partial charge in [0.1, 0.15) is 23.2 Å². The van der Waals surface area contributed by atoms with Gasteiger partial charge in [-0.1, -0.05) is 24.3 Å². The number of nitrogens with two attached hydrogens (primary N) is 2. The van der Waals surface area contributed by atoms with Crippen molar-refractivity contribution in [3.05, 3.63) is 60.2 Å². The molecule has 1 aromatic heterocycles. The van der Waals surface area contributed by atoms with Gasteiger partial charge in [-0.2, -0.15) is 5.26 Å². The number of nitriles is 1. The first-order chi connectivity index (χ1) is 14.8. The normalized spacial score (nSPS) is 11.4. The van der Waals surface area contributed by atoms with Crippen molar-refractivity contribution in [2.75, 3.05) is 11.1 Å². The molecule has 3 rings (SSSR count). The predicted octanol–water partition coefficient (Wildman–Crippen LogP) is 2.32. The second-order valence-electron chi connectivity index (χ2n) is 6.72. The number of carbonyl (C=O) groups excluding carboxylic acids is 1. The maximum Gasteiger partial charge on any atom is 0.305 e. The van der Waals surface area contributed by atoms with E-state index in [0.717, 1.165) is 0 Å². The Hall–Kier alpha value is -4.42. The zero-order valence-corrected chi connectivity index (χ0v) is 16.2. The van der Waals surface area contributed by atoms with Crippen LogP contribution in [0.5, 0.6) is 5.75 Å². The van der Waals surface area contributed by atoms with Crippen LogP contribution in [0.15, 0.2) is 54.6 Å². The lowest BCUT2D eigenvalue weighted by atomic mass is 9.97. The van der Waals surface area contributed by atoms with Crippen molar-refractivity contribution >= 4 is 23.4 Å². The van der Waals surface area contributed by atoms with E-state index in [1.54, 1.807) is 48.5 Å². The highest BCUT2D eigenvalue weighted by molar-refractivity contribution is 5.97. The number of aliphatic carboxylic acids is 1. The van der Waals surface area contributed by atoms with E-state index in [1.165, 1.54) is 6.07 Å². The summed E-state index contributed by atoms with van der Waals surface area (Å²) in [5.74, 6) is -1.82. The molecular formula is C22H19N5O4. The summed E-state index contributed by atoms with van der Waals surface area (Å²) in [6.45, 7) is 0. The molecule has 1 heterocycles. The fraction of sp³-hybridized carbons (Fsp3) is 0.0909. The van der Waals surface area contributed by atoms with Gasteiger partial charge in [-0.15, -0.1) is 0 Å². The number of phenolic OH excluding ortho intramolecular Hbond substituents is 1. The molecule has 31 heavy (non-hydrogen) atoms. The van der Waals surface area contributed by atoms with Gasteiger partial charge >= 0.3 is 5.97 Å². The van der Waals surface area contributed by atoms with E-state index < -0.39 is 24.3 Å². The molecule has 1 atom stereocenters. The molecule has 0 aliphatic rings. The van der Waals surface area contributed by atoms with Crippen molar-refractivity contribution in [1.29, 1.82) is 5.26 Å². The second-order valence-corrected chi connectivity index (χ2v) is 6.72. The van der Waals surface area contributed by atoms with Crippen LogP contribution in [0.2, 0.25) is 0 Å². The number of amides is 1. The van der Waals surface area contributed by atoms with Gasteiger partial charge in [0.15, 0.2) is 0 Å². The molecule has 9 nitrogen and oxygen atoms in total. The Morgan fingerprint density at radius 2 is 1.87 bits per heavy atom. The highest BCUT2D eigenvalue weighted by atomic mass is 16.4. The molecule has 0 fully saturated rings. The minimum absolute atomic E-state index is 0.00354. The number of carboxylic acid groups (broad SMARTS) is 1. The number of phenols is 1. The Morgan fingerprint density at radius 3 is 2.55 bits per heavy atom. The Morgan fingerprint density at radius 1 is 1.13 bits per heavy atom. The van der Waals surface area contributed by atoms with Crippen LogP contribution in [0.4, 0.5) is 11.5 Å². The van der Waals surface area contributed by atoms with Crippen LogP contribution >= 0.6 is 0 Å². The Labute approximate surface area is 177 Å². The third-order valence-corrected chi connectivity index (χ3v) is 4.51. The Bertz CT molecular complexity index is 1200. The number of nitrogen functional groups attached to an aromatic ring is 1. The standard InChI is InChI=1S/C22H19N5O4/c23-11-16-15(9-18(27-21(16)25)14-6-1-2-7-19(14)28)12-4-3-5-13(8-12)26-22(31)17(24)10-20(29)30/h1-9,17,28H,10,24H2,(H2,25,27)(H,26,31)(H,29,30). The molecule has 7 N–H and O–H groups in total. The fourth-order valence-corrected chi connectivity index (χ4v) is 3.02. The van der Waals surface area contributed by atoms with Crippen molar-refractivity contribution in [2.24, 2.45) is 5.73 Å². The lowest BCUT2D eigenvalue weighted by Gasteiger charge is -2.13. The first kappa shape index (κ1) is 21.3. The van der Waals surface area contributed by atoms with Gasteiger partial charge in [-0.25, -0.2) is 4.98 Å². The summed E-state index contributed by atoms with van der Waals surface area (Å²) in [5, 5.41) is 31.1. The molecule has 0 saturated heterocycles. The molecule has 3 aromatic rings. The zero-order valence-electron chi connectivity index (χ0n) is 16.2. The van der Waals surface area contributed by atoms with Crippen LogP contribution in [0.1, 0.15) is 12.0 Å². The van der Waals surface area contributed by atoms with Gasteiger partial charge in [0, 0.05) is 16.8 Å². The number of carboxylic acids is 1. The first-order valence-corrected chi connectivity index (χ1v) is 9.17. The van der Waals surface area contributed by atoms with E-state index in [0.29, 0.717) is 28.1 Å². The molecule has 156 valence electrons. The largest absolute Gasteiger partial charge is 0.507 e. The number of carbonyl (C=O) groups is 2. The van der Waals surface area contributed by atoms with E-state index in [1.807, 2.05) is 6.07 Å². The van der Waals surface area contributed by atoms with Crippen molar-refractivity contribution in [2.45, 2.75) is 12.5 Å². The molecule has 2 aromatic carbocycles. The zero-order chi connectivity index (χ0) is 22.5. The van der Waals surface area contributed by atoms with Gasteiger partial charge in [0.25, 0.3) is 0 Å². The van der Waals surface area contributed by atoms with Gasteiger partial charge in [-0.3, -0.25) is 9.59 Å². The quantitative estimate of drug-likeness (QED) is 0.406. The summed E-state index contributed by atoms with van der Waals surface area (Å²) in [5.41, 5.74) is 14.0. The van der Waals surface area contributed by atoms with Crippen LogP contribution in [0.25, 0.3) is 22.4 Å². The highest BCUT2D eigenvalue weighted by Gasteiger charge is 2.18. The summed E-state index contributed by atoms with van der Waals surface area (Å²) < 4.78 is 0. The number of hydrogen-bond acceptors (Lipinski definition) is 7. The summed E-state index contributed by atoms with van der Waals surface area (Å²) in [7, 11) is 0. The minimum atomic E-state index is -1.21. The van der Waals surface area contributed by atoms with Crippen LogP contribution in [-0.4, -0.2) is 33.1 Å². The number of anilines is 2. The van der Waals surface area contributed by atoms with Gasteiger partial charge in [0.2, 0.25) is 5.91 Å². The molecule has 1 unspecified atom stereocenters. The Kier molecular flexibility index (Phi) is 6.14. The summed E-state index contributed by atoms with van der Waals surface area (Å²) in [4.78, 5) is 27.1. The summed E-state index contributed by atoms with van der Waals surface area (Å²) >= 11 is 0. The number of benzene rings is 2. The van der Waals surface area contributed by atoms with Crippen LogP contribution < -0.4 is 16.8 Å². The van der Waals surface area contributed by atoms with Crippen LogP contribution in [0.3, 0.4) is 0 Å². The number of nitrogens with one attached hydrogen (secondary N) is 1. The van der Waals surface area contributed by atoms with Crippen molar-refractivity contribution < 1.29 is 19.8 Å². The van der Waals surface area contributed by atoms with E-state index >= 15 is 0 Å². The maximum atomic E-state index is 12.1. The van der Waals surface area contributed by atoms with Gasteiger partial charge < -0.3 is 27.0 Å². The predicted molar refractivity (Wildman–Crippen MR) is 115 cm³/mol. The van der Waals surface area contributed by atoms with E-state index in [4.69, 9.17) is 16.6 Å². The lowest BCUT2D eigenvalue weighted by Crippen LogP contribution is -2.37. The number of nitrogens with zero attached hydrogens (tertiary/aromatic N) is 2. The number of para-hydroxylation sites is 1. The van der Waals surface area contributed by atoms with Crippen LogP contribution in [0, 0.1) is 11.3 Å². The molecule has 9 heteroatoms. The molecule has 0 spiro atoms. The molecule has 0 radical (unpaired) electrons. The molecular weight excluding hydrogens is 398 g/mol. The second kappa shape index (κ2) is 8.94. The maximum absolute atomic E-state index is 12.1. The summed E-state index contributed by atoms with van der Waals surface area (Å²) in [6, 6.07) is 15.6. The number of pyridine rings is 1. The molecule has 0 aliphatic carbocycles. The monoisotopic (exact) mass is 417 g/mol. The third kappa shape index (κ3) is 4.77. The van der Waals surface area contributed by atoms with Crippen molar-refractivity contribution in [3.8, 4) is 34.2 Å². The smallest absolute Gasteiger partial charge is 0.305 e. The average molecular weight is 417 g/mol. The molecule has 0 aliphatic heterocycles. The minimum Gasteiger partial charge on any atom is -0.507 e. The number of rotatable bonds is 6. The first-order valence-electron chi connectivity index (χ1n) is 9.17. The summed E-state index contributed by atoms with van der Waals surface area (Å²) in [6.07, 6.45) is -0.505. The average Bonchev–Trinajstić information content (AvgIpc) is 2.73. The number of aromatic hydroxyl groups is 1. The number of hydrogen-bond donors (Lipinski definition) is 5. The molecule has 0 saturated carbocycles. The third-order valence-electron chi connectivity index (χ3n) is 4.51. The van der Waals surface area contributed by atoms with E-state index in [-0.39, 0.29) is 17.1 Å². The topological polar surface area (TPSA) is 175 Å². The lowest BCUT2D eigenvalue weighted by molar-refractivity contribution is -0.138. The fourth-order valence-electron chi connectivity index (χ4n) is 3.02. The van der Waals surface area contributed by atoms with Gasteiger partial charge in [0.05, 0.1) is 18.2 Å². The Balaban J connectivity index is 2.02. The SMILES string of the molecule is N#Cc1c(-c2cccc(NC(=O)C(N)CC(=O)O)c2)cc(-c2ccccc2O)nc1N. The highest BCUT2D eigenvalue weighted by Crippen LogP contribution is 2.35. The molecule has 1 amide bonds. The van der Waals surface area contributed by atoms with Gasteiger partial charge in [-0.05, 0) is 35.9 Å². The van der Waals surface area contributed by atoms with E-state index in [9.17, 15) is 20.0 Å².